The molecule has 3 aromatic carbocycles. The fourth-order valence-corrected chi connectivity index (χ4v) is 6.60. The standard InChI is InChI=1S/C30H27ClN4O4/c1-3-23-25-26(28(38)35(27(25)37)20-14-12-19(13-15-20)32-17(2)36)30(33-23)21-9-5-7-11-24(21)34(29(30)39)16-18-8-4-6-10-22(18)31/h4-15,23,25-26,33H,3,16H2,1-2H3,(H,32,36)/t23-,25-,26+,30+/m1/s1. The van der Waals surface area contributed by atoms with Crippen molar-refractivity contribution >= 4 is 52.3 Å². The monoisotopic (exact) mass is 542 g/mol. The maximum atomic E-state index is 14.4. The first-order valence-electron chi connectivity index (χ1n) is 13.0. The Hall–Kier alpha value is -4.01. The fourth-order valence-electron chi connectivity index (χ4n) is 6.41. The molecule has 4 atom stereocenters. The average molecular weight is 543 g/mol. The van der Waals surface area contributed by atoms with Crippen molar-refractivity contribution in [2.24, 2.45) is 11.8 Å². The number of hydrogen-bond acceptors (Lipinski definition) is 5. The van der Waals surface area contributed by atoms with Gasteiger partial charge in [-0.2, -0.15) is 0 Å². The molecule has 198 valence electrons. The molecule has 0 aliphatic carbocycles. The first-order chi connectivity index (χ1) is 18.8. The van der Waals surface area contributed by atoms with Gasteiger partial charge in [-0.3, -0.25) is 24.5 Å². The van der Waals surface area contributed by atoms with E-state index in [-0.39, 0.29) is 30.3 Å². The Morgan fingerprint density at radius 3 is 2.36 bits per heavy atom. The third-order valence-corrected chi connectivity index (χ3v) is 8.41. The van der Waals surface area contributed by atoms with Gasteiger partial charge in [0.05, 0.1) is 24.1 Å². The second kappa shape index (κ2) is 9.32. The minimum Gasteiger partial charge on any atom is -0.326 e. The molecule has 3 aliphatic rings. The minimum absolute atomic E-state index is 0.218. The van der Waals surface area contributed by atoms with Gasteiger partial charge in [0, 0.05) is 34.9 Å². The normalized spacial score (nSPS) is 25.4. The Bertz CT molecular complexity index is 1520. The van der Waals surface area contributed by atoms with Crippen molar-refractivity contribution in [1.82, 2.24) is 5.32 Å². The summed E-state index contributed by atoms with van der Waals surface area (Å²) in [5.41, 5.74) is 1.77. The molecule has 39 heavy (non-hydrogen) atoms. The van der Waals surface area contributed by atoms with Crippen LogP contribution < -0.4 is 20.4 Å². The van der Waals surface area contributed by atoms with Crippen molar-refractivity contribution < 1.29 is 19.2 Å². The van der Waals surface area contributed by atoms with Crippen LogP contribution in [0.5, 0.6) is 0 Å². The van der Waals surface area contributed by atoms with E-state index >= 15 is 0 Å². The van der Waals surface area contributed by atoms with E-state index in [2.05, 4.69) is 10.6 Å². The molecule has 0 unspecified atom stereocenters. The molecule has 0 aromatic heterocycles. The van der Waals surface area contributed by atoms with E-state index in [9.17, 15) is 19.2 Å². The molecule has 0 bridgehead atoms. The highest BCUT2D eigenvalue weighted by atomic mass is 35.5. The maximum absolute atomic E-state index is 14.4. The first-order valence-corrected chi connectivity index (χ1v) is 13.3. The number of rotatable bonds is 5. The van der Waals surface area contributed by atoms with Crippen LogP contribution in [-0.4, -0.2) is 29.7 Å². The van der Waals surface area contributed by atoms with Gasteiger partial charge in [0.15, 0.2) is 0 Å². The quantitative estimate of drug-likeness (QED) is 0.470. The van der Waals surface area contributed by atoms with E-state index in [0.29, 0.717) is 34.1 Å². The topological polar surface area (TPSA) is 98.8 Å². The molecule has 3 heterocycles. The van der Waals surface area contributed by atoms with Crippen LogP contribution >= 0.6 is 11.6 Å². The third-order valence-electron chi connectivity index (χ3n) is 8.04. The van der Waals surface area contributed by atoms with Crippen molar-refractivity contribution in [1.29, 1.82) is 0 Å². The molecule has 0 radical (unpaired) electrons. The number of hydrogen-bond donors (Lipinski definition) is 2. The van der Waals surface area contributed by atoms with Gasteiger partial charge in [0.1, 0.15) is 5.54 Å². The van der Waals surface area contributed by atoms with Crippen LogP contribution in [0, 0.1) is 11.8 Å². The lowest BCUT2D eigenvalue weighted by molar-refractivity contribution is -0.132. The lowest BCUT2D eigenvalue weighted by Crippen LogP contribution is -2.55. The largest absolute Gasteiger partial charge is 0.326 e. The fraction of sp³-hybridized carbons (Fsp3) is 0.267. The predicted molar refractivity (Wildman–Crippen MR) is 148 cm³/mol. The van der Waals surface area contributed by atoms with Crippen molar-refractivity contribution in [3.63, 3.8) is 0 Å². The highest BCUT2D eigenvalue weighted by Crippen LogP contribution is 2.55. The lowest BCUT2D eigenvalue weighted by atomic mass is 9.76. The Balaban J connectivity index is 1.43. The zero-order chi connectivity index (χ0) is 27.5. The third kappa shape index (κ3) is 3.70. The highest BCUT2D eigenvalue weighted by molar-refractivity contribution is 6.31. The molecule has 9 heteroatoms. The summed E-state index contributed by atoms with van der Waals surface area (Å²) in [6.07, 6.45) is 0.567. The van der Waals surface area contributed by atoms with Gasteiger partial charge < -0.3 is 10.2 Å². The molecule has 0 saturated carbocycles. The summed E-state index contributed by atoms with van der Waals surface area (Å²) in [5, 5.41) is 6.72. The summed E-state index contributed by atoms with van der Waals surface area (Å²) < 4.78 is 0. The minimum atomic E-state index is -1.37. The number of para-hydroxylation sites is 1. The van der Waals surface area contributed by atoms with Crippen LogP contribution in [0.25, 0.3) is 0 Å². The van der Waals surface area contributed by atoms with Crippen LogP contribution in [0.4, 0.5) is 17.1 Å². The first kappa shape index (κ1) is 25.3. The van der Waals surface area contributed by atoms with E-state index in [4.69, 9.17) is 11.6 Å². The predicted octanol–water partition coefficient (Wildman–Crippen LogP) is 4.23. The van der Waals surface area contributed by atoms with Crippen LogP contribution in [0.1, 0.15) is 31.4 Å². The molecule has 1 spiro atoms. The second-order valence-electron chi connectivity index (χ2n) is 10.2. The molecule has 2 saturated heterocycles. The molecule has 3 aliphatic heterocycles. The Kier molecular flexibility index (Phi) is 6.04. The smallest absolute Gasteiger partial charge is 0.253 e. The number of imide groups is 1. The summed E-state index contributed by atoms with van der Waals surface area (Å²) >= 11 is 6.45. The Labute approximate surface area is 230 Å². The number of nitrogens with one attached hydrogen (secondary N) is 2. The van der Waals surface area contributed by atoms with E-state index in [1.807, 2.05) is 49.4 Å². The van der Waals surface area contributed by atoms with E-state index in [0.717, 1.165) is 5.56 Å². The Morgan fingerprint density at radius 2 is 1.67 bits per heavy atom. The molecule has 8 nitrogen and oxygen atoms in total. The number of benzene rings is 3. The van der Waals surface area contributed by atoms with Gasteiger partial charge in [-0.15, -0.1) is 0 Å². The van der Waals surface area contributed by atoms with Crippen LogP contribution in [0.3, 0.4) is 0 Å². The SMILES string of the molecule is CC[C@H]1N[C@]2(C(=O)N(Cc3ccccc3Cl)c3ccccc32)[C@@H]2C(=O)N(c3ccc(NC(C)=O)cc3)C(=O)[C@@H]21. The van der Waals surface area contributed by atoms with E-state index in [1.54, 1.807) is 35.2 Å². The molecule has 4 amide bonds. The number of amides is 4. The molecule has 2 fully saturated rings. The van der Waals surface area contributed by atoms with Crippen molar-refractivity contribution in [3.8, 4) is 0 Å². The van der Waals surface area contributed by atoms with E-state index < -0.39 is 23.3 Å². The zero-order valence-electron chi connectivity index (χ0n) is 21.5. The summed E-state index contributed by atoms with van der Waals surface area (Å²) in [7, 11) is 0. The number of halogens is 1. The molecule has 6 rings (SSSR count). The molecule has 3 aromatic rings. The van der Waals surface area contributed by atoms with E-state index in [1.165, 1.54) is 11.8 Å². The average Bonchev–Trinajstić information content (AvgIpc) is 3.49. The molecular weight excluding hydrogens is 516 g/mol. The van der Waals surface area contributed by atoms with Gasteiger partial charge in [-0.25, -0.2) is 4.90 Å². The summed E-state index contributed by atoms with van der Waals surface area (Å²) in [6.45, 7) is 3.60. The van der Waals surface area contributed by atoms with Crippen LogP contribution in [-0.2, 0) is 31.3 Å². The number of carbonyl (C=O) groups excluding carboxylic acids is 4. The summed E-state index contributed by atoms with van der Waals surface area (Å²) in [5.74, 6) is -2.83. The van der Waals surface area contributed by atoms with Gasteiger partial charge in [-0.05, 0) is 48.4 Å². The van der Waals surface area contributed by atoms with Gasteiger partial charge in [0.2, 0.25) is 17.7 Å². The van der Waals surface area contributed by atoms with Crippen molar-refractivity contribution in [3.05, 3.63) is 88.9 Å². The van der Waals surface area contributed by atoms with Crippen molar-refractivity contribution in [2.75, 3.05) is 15.1 Å². The van der Waals surface area contributed by atoms with Crippen LogP contribution in [0.2, 0.25) is 5.02 Å². The summed E-state index contributed by atoms with van der Waals surface area (Å²) in [6, 6.07) is 21.0. The maximum Gasteiger partial charge on any atom is 0.253 e. The van der Waals surface area contributed by atoms with Gasteiger partial charge >= 0.3 is 0 Å². The zero-order valence-corrected chi connectivity index (χ0v) is 22.2. The van der Waals surface area contributed by atoms with Gasteiger partial charge in [0.25, 0.3) is 5.91 Å². The number of fused-ring (bicyclic) bond motifs is 4. The Morgan fingerprint density at radius 1 is 0.974 bits per heavy atom. The second-order valence-corrected chi connectivity index (χ2v) is 10.6. The molecular formula is C30H27ClN4O4. The van der Waals surface area contributed by atoms with Crippen LogP contribution in [0.15, 0.2) is 72.8 Å². The number of nitrogens with zero attached hydrogens (tertiary/aromatic N) is 2. The lowest BCUT2D eigenvalue weighted by Gasteiger charge is -2.30. The number of anilines is 3. The van der Waals surface area contributed by atoms with Gasteiger partial charge in [-0.1, -0.05) is 54.9 Å². The highest BCUT2D eigenvalue weighted by Gasteiger charge is 2.71. The molecule has 2 N–H and O–H groups in total. The summed E-state index contributed by atoms with van der Waals surface area (Å²) in [4.78, 5) is 56.7. The van der Waals surface area contributed by atoms with Crippen molar-refractivity contribution in [2.45, 2.75) is 38.4 Å². The number of carbonyl (C=O) groups is 4.